The van der Waals surface area contributed by atoms with E-state index in [2.05, 4.69) is 43.4 Å². The van der Waals surface area contributed by atoms with Gasteiger partial charge in [-0.2, -0.15) is 0 Å². The van der Waals surface area contributed by atoms with Gasteiger partial charge in [0.2, 0.25) is 0 Å². The highest BCUT2D eigenvalue weighted by Crippen LogP contribution is 2.20. The molecule has 17 heavy (non-hydrogen) atoms. The van der Waals surface area contributed by atoms with Gasteiger partial charge in [0.25, 0.3) is 0 Å². The van der Waals surface area contributed by atoms with Gasteiger partial charge in [0.15, 0.2) is 0 Å². The third kappa shape index (κ3) is 4.49. The number of hydrogen-bond acceptors (Lipinski definition) is 2. The standard InChI is InChI=1S/C15H25NO/c1-5-6-13-7-9-14(10-8-13)15(16-3)11-12(2)17-4/h7-10,12,15-16H,5-6,11H2,1-4H3. The van der Waals surface area contributed by atoms with Crippen LogP contribution in [0.15, 0.2) is 24.3 Å². The van der Waals surface area contributed by atoms with Crippen molar-refractivity contribution in [3.63, 3.8) is 0 Å². The molecule has 2 nitrogen and oxygen atoms in total. The van der Waals surface area contributed by atoms with Crippen LogP contribution in [0.5, 0.6) is 0 Å². The molecule has 0 aliphatic rings. The Kier molecular flexibility index (Phi) is 6.23. The van der Waals surface area contributed by atoms with Gasteiger partial charge in [-0.05, 0) is 37.9 Å². The average Bonchev–Trinajstić information content (AvgIpc) is 2.37. The van der Waals surface area contributed by atoms with E-state index in [9.17, 15) is 0 Å². The quantitative estimate of drug-likeness (QED) is 0.782. The summed E-state index contributed by atoms with van der Waals surface area (Å²) in [5.41, 5.74) is 2.77. The van der Waals surface area contributed by atoms with Crippen molar-refractivity contribution in [3.05, 3.63) is 35.4 Å². The maximum absolute atomic E-state index is 5.33. The average molecular weight is 235 g/mol. The molecule has 0 radical (unpaired) electrons. The first-order chi connectivity index (χ1) is 8.21. The minimum absolute atomic E-state index is 0.280. The molecule has 0 amide bonds. The van der Waals surface area contributed by atoms with Gasteiger partial charge in [0.1, 0.15) is 0 Å². The second-order valence-corrected chi connectivity index (χ2v) is 4.61. The molecule has 1 rings (SSSR count). The molecule has 1 aromatic rings. The second kappa shape index (κ2) is 7.46. The van der Waals surface area contributed by atoms with Gasteiger partial charge in [-0.15, -0.1) is 0 Å². The van der Waals surface area contributed by atoms with Crippen molar-refractivity contribution >= 4 is 0 Å². The predicted molar refractivity (Wildman–Crippen MR) is 73.3 cm³/mol. The molecular weight excluding hydrogens is 210 g/mol. The van der Waals surface area contributed by atoms with Crippen molar-refractivity contribution in [1.29, 1.82) is 0 Å². The largest absolute Gasteiger partial charge is 0.382 e. The van der Waals surface area contributed by atoms with Gasteiger partial charge in [0, 0.05) is 13.2 Å². The third-order valence-electron chi connectivity index (χ3n) is 3.24. The van der Waals surface area contributed by atoms with E-state index in [1.165, 1.54) is 24.0 Å². The summed E-state index contributed by atoms with van der Waals surface area (Å²) in [6, 6.07) is 9.31. The molecule has 0 fully saturated rings. The molecule has 96 valence electrons. The number of hydrogen-bond donors (Lipinski definition) is 1. The highest BCUT2D eigenvalue weighted by Gasteiger charge is 2.12. The maximum Gasteiger partial charge on any atom is 0.0561 e. The molecule has 0 aliphatic carbocycles. The van der Waals surface area contributed by atoms with Crippen molar-refractivity contribution in [3.8, 4) is 0 Å². The van der Waals surface area contributed by atoms with E-state index in [0.717, 1.165) is 6.42 Å². The van der Waals surface area contributed by atoms with E-state index in [0.29, 0.717) is 6.04 Å². The van der Waals surface area contributed by atoms with Crippen LogP contribution >= 0.6 is 0 Å². The molecular formula is C15H25NO. The number of methoxy groups -OCH3 is 1. The van der Waals surface area contributed by atoms with Gasteiger partial charge in [-0.1, -0.05) is 37.6 Å². The van der Waals surface area contributed by atoms with Gasteiger partial charge in [0.05, 0.1) is 6.10 Å². The lowest BCUT2D eigenvalue weighted by molar-refractivity contribution is 0.101. The number of ether oxygens (including phenoxy) is 1. The summed E-state index contributed by atoms with van der Waals surface area (Å²) in [6.07, 6.45) is 3.65. The van der Waals surface area contributed by atoms with Crippen molar-refractivity contribution in [1.82, 2.24) is 5.32 Å². The predicted octanol–water partition coefficient (Wildman–Crippen LogP) is 3.32. The second-order valence-electron chi connectivity index (χ2n) is 4.61. The van der Waals surface area contributed by atoms with Crippen LogP contribution < -0.4 is 5.32 Å². The molecule has 0 spiro atoms. The summed E-state index contributed by atoms with van der Waals surface area (Å²) in [7, 11) is 3.77. The Morgan fingerprint density at radius 1 is 1.24 bits per heavy atom. The summed E-state index contributed by atoms with van der Waals surface area (Å²) in [5, 5.41) is 3.36. The number of benzene rings is 1. The zero-order valence-corrected chi connectivity index (χ0v) is 11.5. The molecule has 2 atom stereocenters. The summed E-state index contributed by atoms with van der Waals surface area (Å²) in [4.78, 5) is 0. The van der Waals surface area contributed by atoms with Gasteiger partial charge >= 0.3 is 0 Å². The van der Waals surface area contributed by atoms with Crippen LogP contribution in [0.3, 0.4) is 0 Å². The lowest BCUT2D eigenvalue weighted by Gasteiger charge is -2.20. The van der Waals surface area contributed by atoms with Crippen LogP contribution in [0.4, 0.5) is 0 Å². The lowest BCUT2D eigenvalue weighted by Crippen LogP contribution is -2.21. The first kappa shape index (κ1) is 14.2. The zero-order valence-electron chi connectivity index (χ0n) is 11.5. The zero-order chi connectivity index (χ0) is 12.7. The molecule has 0 aromatic heterocycles. The van der Waals surface area contributed by atoms with E-state index >= 15 is 0 Å². The fraction of sp³-hybridized carbons (Fsp3) is 0.600. The molecule has 0 saturated carbocycles. The minimum Gasteiger partial charge on any atom is -0.382 e. The molecule has 0 heterocycles. The van der Waals surface area contributed by atoms with E-state index in [4.69, 9.17) is 4.74 Å². The molecule has 1 N–H and O–H groups in total. The van der Waals surface area contributed by atoms with Crippen LogP contribution in [0.2, 0.25) is 0 Å². The Balaban J connectivity index is 2.68. The summed E-state index contributed by atoms with van der Waals surface area (Å²) >= 11 is 0. The van der Waals surface area contributed by atoms with E-state index in [1.807, 2.05) is 7.05 Å². The van der Waals surface area contributed by atoms with Crippen molar-refractivity contribution in [2.45, 2.75) is 45.3 Å². The van der Waals surface area contributed by atoms with E-state index < -0.39 is 0 Å². The number of aryl methyl sites for hydroxylation is 1. The fourth-order valence-corrected chi connectivity index (χ4v) is 2.05. The fourth-order valence-electron chi connectivity index (χ4n) is 2.05. The molecule has 2 heteroatoms. The minimum atomic E-state index is 0.280. The van der Waals surface area contributed by atoms with Crippen molar-refractivity contribution < 1.29 is 4.74 Å². The Bertz CT molecular complexity index is 307. The SMILES string of the molecule is CCCc1ccc(C(CC(C)OC)NC)cc1. The molecule has 2 unspecified atom stereocenters. The Morgan fingerprint density at radius 3 is 2.35 bits per heavy atom. The number of nitrogens with one attached hydrogen (secondary N) is 1. The third-order valence-corrected chi connectivity index (χ3v) is 3.24. The van der Waals surface area contributed by atoms with Gasteiger partial charge < -0.3 is 10.1 Å². The number of rotatable bonds is 7. The first-order valence-corrected chi connectivity index (χ1v) is 6.50. The van der Waals surface area contributed by atoms with Gasteiger partial charge in [-0.25, -0.2) is 0 Å². The topological polar surface area (TPSA) is 21.3 Å². The van der Waals surface area contributed by atoms with Crippen LogP contribution in [0.1, 0.15) is 43.9 Å². The monoisotopic (exact) mass is 235 g/mol. The van der Waals surface area contributed by atoms with Crippen LogP contribution in [-0.4, -0.2) is 20.3 Å². The van der Waals surface area contributed by atoms with Crippen LogP contribution in [0.25, 0.3) is 0 Å². The maximum atomic E-state index is 5.33. The summed E-state index contributed by atoms with van der Waals surface area (Å²) < 4.78 is 5.33. The summed E-state index contributed by atoms with van der Waals surface area (Å²) in [5.74, 6) is 0. The van der Waals surface area contributed by atoms with Crippen LogP contribution in [-0.2, 0) is 11.2 Å². The van der Waals surface area contributed by atoms with Gasteiger partial charge in [-0.3, -0.25) is 0 Å². The first-order valence-electron chi connectivity index (χ1n) is 6.50. The van der Waals surface area contributed by atoms with E-state index in [-0.39, 0.29) is 6.10 Å². The Hall–Kier alpha value is -0.860. The normalized spacial score (nSPS) is 14.6. The molecule has 0 bridgehead atoms. The highest BCUT2D eigenvalue weighted by atomic mass is 16.5. The summed E-state index contributed by atoms with van der Waals surface area (Å²) in [6.45, 7) is 4.32. The van der Waals surface area contributed by atoms with Crippen molar-refractivity contribution in [2.75, 3.05) is 14.2 Å². The van der Waals surface area contributed by atoms with Crippen molar-refractivity contribution in [2.24, 2.45) is 0 Å². The molecule has 0 saturated heterocycles. The Labute approximate surface area is 105 Å². The van der Waals surface area contributed by atoms with Crippen LogP contribution in [0, 0.1) is 0 Å². The Morgan fingerprint density at radius 2 is 1.88 bits per heavy atom. The lowest BCUT2D eigenvalue weighted by atomic mass is 9.99. The molecule has 0 aliphatic heterocycles. The highest BCUT2D eigenvalue weighted by molar-refractivity contribution is 5.25. The van der Waals surface area contributed by atoms with E-state index in [1.54, 1.807) is 7.11 Å². The molecule has 1 aromatic carbocycles. The smallest absolute Gasteiger partial charge is 0.0561 e.